The molecule has 4 heteroatoms. The molecule has 0 aliphatic carbocycles. The molecule has 0 aliphatic heterocycles. The maximum absolute atomic E-state index is 6.42. The van der Waals surface area contributed by atoms with Gasteiger partial charge in [-0.1, -0.05) is 30.7 Å². The van der Waals surface area contributed by atoms with Crippen LogP contribution < -0.4 is 5.73 Å². The number of hydrogen-bond acceptors (Lipinski definition) is 2. The Labute approximate surface area is 129 Å². The second kappa shape index (κ2) is 6.10. The number of nitrogens with zero attached hydrogens (tertiary/aromatic N) is 2. The van der Waals surface area contributed by atoms with Crippen LogP contribution >= 0.6 is 15.9 Å². The Bertz CT molecular complexity index is 616. The predicted molar refractivity (Wildman–Crippen MR) is 86.8 cm³/mol. The van der Waals surface area contributed by atoms with Crippen molar-refractivity contribution in [2.45, 2.75) is 39.7 Å². The van der Waals surface area contributed by atoms with E-state index >= 15 is 0 Å². The molecular weight excluding hydrogens is 314 g/mol. The molecule has 1 heterocycles. The lowest BCUT2D eigenvalue weighted by molar-refractivity contribution is 0.634. The normalized spacial score (nSPS) is 12.7. The summed E-state index contributed by atoms with van der Waals surface area (Å²) < 4.78 is 3.04. The zero-order chi connectivity index (χ0) is 14.9. The van der Waals surface area contributed by atoms with Crippen LogP contribution in [0.4, 0.5) is 0 Å². The van der Waals surface area contributed by atoms with Crippen LogP contribution in [0.5, 0.6) is 0 Å². The highest BCUT2D eigenvalue weighted by molar-refractivity contribution is 9.10. The number of nitrogens with two attached hydrogens (primary N) is 1. The molecule has 0 saturated heterocycles. The summed E-state index contributed by atoms with van der Waals surface area (Å²) in [5, 5.41) is 4.53. The number of benzene rings is 1. The number of rotatable bonds is 4. The molecule has 2 aromatic rings. The molecule has 0 radical (unpaired) electrons. The Hall–Kier alpha value is -1.13. The fraction of sp³-hybridized carbons (Fsp3) is 0.438. The molecule has 1 aromatic carbocycles. The van der Waals surface area contributed by atoms with Gasteiger partial charge < -0.3 is 5.73 Å². The third-order valence-electron chi connectivity index (χ3n) is 3.75. The van der Waals surface area contributed by atoms with Gasteiger partial charge in [-0.25, -0.2) is 0 Å². The van der Waals surface area contributed by atoms with Crippen LogP contribution in [0.15, 0.2) is 22.7 Å². The van der Waals surface area contributed by atoms with Crippen molar-refractivity contribution in [1.82, 2.24) is 9.78 Å². The SMILES string of the molecule is CCc1nn(C)c(CC(N)c2cc(C)ccc2C)c1Br. The molecule has 3 nitrogen and oxygen atoms in total. The van der Waals surface area contributed by atoms with Gasteiger partial charge in [0.25, 0.3) is 0 Å². The third kappa shape index (κ3) is 2.96. The van der Waals surface area contributed by atoms with E-state index in [9.17, 15) is 0 Å². The first kappa shape index (κ1) is 15.3. The number of aromatic nitrogens is 2. The van der Waals surface area contributed by atoms with E-state index in [0.717, 1.165) is 28.7 Å². The molecule has 0 aliphatic rings. The first-order valence-electron chi connectivity index (χ1n) is 6.97. The van der Waals surface area contributed by atoms with Crippen molar-refractivity contribution in [2.24, 2.45) is 12.8 Å². The highest BCUT2D eigenvalue weighted by Crippen LogP contribution is 2.27. The topological polar surface area (TPSA) is 43.8 Å². The largest absolute Gasteiger partial charge is 0.324 e. The van der Waals surface area contributed by atoms with Crippen molar-refractivity contribution < 1.29 is 0 Å². The van der Waals surface area contributed by atoms with Gasteiger partial charge in [-0.3, -0.25) is 4.68 Å². The average Bonchev–Trinajstić information content (AvgIpc) is 2.68. The second-order valence-corrected chi connectivity index (χ2v) is 6.15. The van der Waals surface area contributed by atoms with E-state index in [1.54, 1.807) is 0 Å². The minimum Gasteiger partial charge on any atom is -0.324 e. The van der Waals surface area contributed by atoms with E-state index in [2.05, 4.69) is 60.0 Å². The Morgan fingerprint density at radius 1 is 1.35 bits per heavy atom. The lowest BCUT2D eigenvalue weighted by Crippen LogP contribution is -2.17. The van der Waals surface area contributed by atoms with Gasteiger partial charge in [-0.05, 0) is 47.3 Å². The lowest BCUT2D eigenvalue weighted by atomic mass is 9.96. The minimum absolute atomic E-state index is 0.00805. The first-order valence-corrected chi connectivity index (χ1v) is 7.76. The Morgan fingerprint density at radius 2 is 2.05 bits per heavy atom. The quantitative estimate of drug-likeness (QED) is 0.927. The van der Waals surface area contributed by atoms with E-state index < -0.39 is 0 Å². The first-order chi connectivity index (χ1) is 9.43. The van der Waals surface area contributed by atoms with Crippen molar-refractivity contribution in [3.63, 3.8) is 0 Å². The van der Waals surface area contributed by atoms with E-state index in [4.69, 9.17) is 5.73 Å². The van der Waals surface area contributed by atoms with Crippen LogP contribution in [0.1, 0.15) is 41.0 Å². The second-order valence-electron chi connectivity index (χ2n) is 5.36. The van der Waals surface area contributed by atoms with Gasteiger partial charge >= 0.3 is 0 Å². The summed E-state index contributed by atoms with van der Waals surface area (Å²) in [5.74, 6) is 0. The van der Waals surface area contributed by atoms with Crippen molar-refractivity contribution in [2.75, 3.05) is 0 Å². The summed E-state index contributed by atoms with van der Waals surface area (Å²) in [7, 11) is 1.98. The number of aryl methyl sites for hydroxylation is 4. The minimum atomic E-state index is -0.00805. The van der Waals surface area contributed by atoms with Crippen LogP contribution in [-0.2, 0) is 19.9 Å². The molecule has 0 bridgehead atoms. The van der Waals surface area contributed by atoms with Crippen LogP contribution in [0.25, 0.3) is 0 Å². The third-order valence-corrected chi connectivity index (χ3v) is 4.67. The Balaban J connectivity index is 2.30. The molecule has 20 heavy (non-hydrogen) atoms. The molecule has 0 amide bonds. The summed E-state index contributed by atoms with van der Waals surface area (Å²) in [6, 6.07) is 6.44. The van der Waals surface area contributed by atoms with Crippen LogP contribution in [0.3, 0.4) is 0 Å². The summed E-state index contributed by atoms with van der Waals surface area (Å²) in [6.45, 7) is 6.33. The standard InChI is InChI=1S/C16H22BrN3/c1-5-14-16(17)15(20(4)19-14)9-13(18)12-8-10(2)6-7-11(12)3/h6-8,13H,5,9,18H2,1-4H3. The lowest BCUT2D eigenvalue weighted by Gasteiger charge is -2.16. The average molecular weight is 336 g/mol. The molecule has 2 rings (SSSR count). The van der Waals surface area contributed by atoms with Gasteiger partial charge in [-0.2, -0.15) is 5.10 Å². The van der Waals surface area contributed by atoms with Crippen molar-refractivity contribution in [1.29, 1.82) is 0 Å². The monoisotopic (exact) mass is 335 g/mol. The maximum Gasteiger partial charge on any atom is 0.0766 e. The smallest absolute Gasteiger partial charge is 0.0766 e. The van der Waals surface area contributed by atoms with Gasteiger partial charge in [0.2, 0.25) is 0 Å². The number of halogens is 1. The highest BCUT2D eigenvalue weighted by atomic mass is 79.9. The zero-order valence-corrected chi connectivity index (χ0v) is 14.2. The van der Waals surface area contributed by atoms with Gasteiger partial charge in [-0.15, -0.1) is 0 Å². The van der Waals surface area contributed by atoms with E-state index in [0.29, 0.717) is 0 Å². The Morgan fingerprint density at radius 3 is 2.65 bits per heavy atom. The molecular formula is C16H22BrN3. The van der Waals surface area contributed by atoms with Crippen LogP contribution in [-0.4, -0.2) is 9.78 Å². The molecule has 2 N–H and O–H groups in total. The highest BCUT2D eigenvalue weighted by Gasteiger charge is 2.17. The van der Waals surface area contributed by atoms with Gasteiger partial charge in [0.1, 0.15) is 0 Å². The fourth-order valence-electron chi connectivity index (χ4n) is 2.52. The van der Waals surface area contributed by atoms with Crippen LogP contribution in [0, 0.1) is 13.8 Å². The van der Waals surface area contributed by atoms with Crippen molar-refractivity contribution in [3.8, 4) is 0 Å². The van der Waals surface area contributed by atoms with Crippen molar-refractivity contribution in [3.05, 3.63) is 50.8 Å². The van der Waals surface area contributed by atoms with Gasteiger partial charge in [0, 0.05) is 19.5 Å². The zero-order valence-electron chi connectivity index (χ0n) is 12.6. The van der Waals surface area contributed by atoms with E-state index in [1.165, 1.54) is 16.7 Å². The summed E-state index contributed by atoms with van der Waals surface area (Å²) in [4.78, 5) is 0. The Kier molecular flexibility index (Phi) is 4.66. The molecule has 1 unspecified atom stereocenters. The molecule has 108 valence electrons. The van der Waals surface area contributed by atoms with E-state index in [1.807, 2.05) is 11.7 Å². The van der Waals surface area contributed by atoms with Crippen molar-refractivity contribution >= 4 is 15.9 Å². The van der Waals surface area contributed by atoms with E-state index in [-0.39, 0.29) is 6.04 Å². The molecule has 0 spiro atoms. The maximum atomic E-state index is 6.42. The summed E-state index contributed by atoms with van der Waals surface area (Å²) >= 11 is 3.66. The molecule has 0 saturated carbocycles. The number of hydrogen-bond donors (Lipinski definition) is 1. The molecule has 1 atom stereocenters. The fourth-order valence-corrected chi connectivity index (χ4v) is 3.30. The summed E-state index contributed by atoms with van der Waals surface area (Å²) in [5.41, 5.74) is 12.4. The predicted octanol–water partition coefficient (Wildman–Crippen LogP) is 3.60. The van der Waals surface area contributed by atoms with Crippen LogP contribution in [0.2, 0.25) is 0 Å². The van der Waals surface area contributed by atoms with Gasteiger partial charge in [0.05, 0.1) is 15.9 Å². The molecule has 0 fully saturated rings. The van der Waals surface area contributed by atoms with Gasteiger partial charge in [0.15, 0.2) is 0 Å². The summed E-state index contributed by atoms with van der Waals surface area (Å²) in [6.07, 6.45) is 1.71. The molecule has 1 aromatic heterocycles.